The number of rotatable bonds is 2. The highest BCUT2D eigenvalue weighted by atomic mass is 19.1. The second kappa shape index (κ2) is 3.53. The van der Waals surface area contributed by atoms with E-state index in [0.29, 0.717) is 0 Å². The minimum Gasteiger partial charge on any atom is -0.423 e. The summed E-state index contributed by atoms with van der Waals surface area (Å²) in [4.78, 5) is 0. The van der Waals surface area contributed by atoms with E-state index < -0.39 is 12.9 Å². The molecule has 0 radical (unpaired) electrons. The lowest BCUT2D eigenvalue weighted by Crippen LogP contribution is -2.30. The van der Waals surface area contributed by atoms with Crippen LogP contribution in [-0.4, -0.2) is 17.2 Å². The van der Waals surface area contributed by atoms with Gasteiger partial charge in [-0.1, -0.05) is 6.07 Å². The number of nitrogens with one attached hydrogen (secondary N) is 1. The van der Waals surface area contributed by atoms with Gasteiger partial charge in [-0.15, -0.1) is 0 Å². The van der Waals surface area contributed by atoms with Crippen LogP contribution < -0.4 is 16.7 Å². The van der Waals surface area contributed by atoms with Crippen molar-refractivity contribution in [1.29, 1.82) is 0 Å². The van der Waals surface area contributed by atoms with Gasteiger partial charge in [0.15, 0.2) is 0 Å². The fourth-order valence-corrected chi connectivity index (χ4v) is 0.814. The van der Waals surface area contributed by atoms with Crippen molar-refractivity contribution in [1.82, 2.24) is 0 Å². The zero-order chi connectivity index (χ0) is 9.14. The van der Waals surface area contributed by atoms with E-state index in [1.54, 1.807) is 0 Å². The average molecular weight is 170 g/mol. The monoisotopic (exact) mass is 170 g/mol. The first-order valence-electron chi connectivity index (χ1n) is 3.27. The Labute approximate surface area is 68.9 Å². The van der Waals surface area contributed by atoms with Crippen molar-refractivity contribution in [3.8, 4) is 0 Å². The van der Waals surface area contributed by atoms with Crippen LogP contribution in [0, 0.1) is 5.82 Å². The highest BCUT2D eigenvalue weighted by Gasteiger charge is 2.12. The van der Waals surface area contributed by atoms with Crippen molar-refractivity contribution in [2.45, 2.75) is 0 Å². The van der Waals surface area contributed by atoms with Gasteiger partial charge in [0.1, 0.15) is 5.82 Å². The van der Waals surface area contributed by atoms with Gasteiger partial charge in [-0.05, 0) is 17.6 Å². The van der Waals surface area contributed by atoms with E-state index in [2.05, 4.69) is 5.43 Å². The lowest BCUT2D eigenvalue weighted by Gasteiger charge is -2.04. The fourth-order valence-electron chi connectivity index (χ4n) is 0.814. The molecule has 0 aromatic heterocycles. The third-order valence-electron chi connectivity index (χ3n) is 1.44. The summed E-state index contributed by atoms with van der Waals surface area (Å²) < 4.78 is 12.7. The molecule has 0 bridgehead atoms. The maximum Gasteiger partial charge on any atom is 0.488 e. The molecule has 0 saturated carbocycles. The molecule has 6 heteroatoms. The van der Waals surface area contributed by atoms with E-state index in [9.17, 15) is 4.39 Å². The summed E-state index contributed by atoms with van der Waals surface area (Å²) in [6.45, 7) is 0. The molecule has 0 aliphatic carbocycles. The summed E-state index contributed by atoms with van der Waals surface area (Å²) in [6, 6.07) is 3.59. The SMILES string of the molecule is NNc1cc(B(O)O)ccc1F. The second-order valence-corrected chi connectivity index (χ2v) is 2.26. The lowest BCUT2D eigenvalue weighted by molar-refractivity contribution is 0.425. The Morgan fingerprint density at radius 3 is 2.58 bits per heavy atom. The van der Waals surface area contributed by atoms with Gasteiger partial charge >= 0.3 is 7.12 Å². The van der Waals surface area contributed by atoms with Crippen LogP contribution in [0.1, 0.15) is 0 Å². The smallest absolute Gasteiger partial charge is 0.423 e. The molecule has 5 N–H and O–H groups in total. The number of benzene rings is 1. The largest absolute Gasteiger partial charge is 0.488 e. The summed E-state index contributed by atoms with van der Waals surface area (Å²) in [7, 11) is -1.61. The Morgan fingerprint density at radius 2 is 2.08 bits per heavy atom. The molecule has 0 aliphatic rings. The number of hydrazine groups is 1. The Kier molecular flexibility index (Phi) is 2.64. The van der Waals surface area contributed by atoms with Crippen LogP contribution in [0.2, 0.25) is 0 Å². The number of nitrogens with two attached hydrogens (primary N) is 1. The number of hydrogen-bond donors (Lipinski definition) is 4. The van der Waals surface area contributed by atoms with Crippen LogP contribution in [0.4, 0.5) is 10.1 Å². The van der Waals surface area contributed by atoms with Gasteiger partial charge in [0.2, 0.25) is 0 Å². The summed E-state index contributed by atoms with van der Waals surface area (Å²) in [6.07, 6.45) is 0. The predicted molar refractivity (Wildman–Crippen MR) is 44.0 cm³/mol. The van der Waals surface area contributed by atoms with Gasteiger partial charge in [0, 0.05) is 0 Å². The molecule has 0 amide bonds. The van der Waals surface area contributed by atoms with Crippen molar-refractivity contribution in [3.63, 3.8) is 0 Å². The van der Waals surface area contributed by atoms with Crippen LogP contribution in [0.5, 0.6) is 0 Å². The standard InChI is InChI=1S/C6H8BFN2O2/c8-5-2-1-4(7(11)12)3-6(5)10-9/h1-3,10-12H,9H2. The van der Waals surface area contributed by atoms with E-state index >= 15 is 0 Å². The van der Waals surface area contributed by atoms with Crippen LogP contribution in [0.3, 0.4) is 0 Å². The van der Waals surface area contributed by atoms with Crippen molar-refractivity contribution in [3.05, 3.63) is 24.0 Å². The van der Waals surface area contributed by atoms with Gasteiger partial charge in [0.25, 0.3) is 0 Å². The van der Waals surface area contributed by atoms with Crippen LogP contribution >= 0.6 is 0 Å². The normalized spacial score (nSPS) is 9.67. The number of nitrogen functional groups attached to an aromatic ring is 1. The summed E-state index contributed by atoms with van der Waals surface area (Å²) in [5, 5.41) is 17.4. The van der Waals surface area contributed by atoms with Crippen molar-refractivity contribution >= 4 is 18.3 Å². The highest BCUT2D eigenvalue weighted by molar-refractivity contribution is 6.58. The number of anilines is 1. The molecule has 0 unspecified atom stereocenters. The molecule has 1 aromatic rings. The first-order valence-corrected chi connectivity index (χ1v) is 3.27. The van der Waals surface area contributed by atoms with E-state index in [4.69, 9.17) is 15.9 Å². The molecule has 1 aromatic carbocycles. The summed E-state index contributed by atoms with van der Waals surface area (Å²) >= 11 is 0. The maximum absolute atomic E-state index is 12.7. The van der Waals surface area contributed by atoms with Crippen molar-refractivity contribution in [2.75, 3.05) is 5.43 Å². The summed E-state index contributed by atoms with van der Waals surface area (Å²) in [5.41, 5.74) is 2.31. The van der Waals surface area contributed by atoms with Crippen LogP contribution in [0.15, 0.2) is 18.2 Å². The Balaban J connectivity index is 3.05. The lowest BCUT2D eigenvalue weighted by atomic mass is 9.80. The zero-order valence-corrected chi connectivity index (χ0v) is 6.16. The molecule has 64 valence electrons. The molecule has 0 aliphatic heterocycles. The first-order chi connectivity index (χ1) is 5.65. The first kappa shape index (κ1) is 8.99. The van der Waals surface area contributed by atoms with Gasteiger partial charge in [0.05, 0.1) is 5.69 Å². The molecule has 0 spiro atoms. The van der Waals surface area contributed by atoms with E-state index in [-0.39, 0.29) is 11.2 Å². The quantitative estimate of drug-likeness (QED) is 0.255. The van der Waals surface area contributed by atoms with Crippen molar-refractivity contribution in [2.24, 2.45) is 5.84 Å². The Bertz CT molecular complexity index is 282. The number of halogens is 1. The highest BCUT2D eigenvalue weighted by Crippen LogP contribution is 2.08. The van der Waals surface area contributed by atoms with Gasteiger partial charge < -0.3 is 15.5 Å². The minimum atomic E-state index is -1.61. The number of hydrogen-bond acceptors (Lipinski definition) is 4. The third kappa shape index (κ3) is 1.73. The molecular weight excluding hydrogens is 162 g/mol. The molecule has 0 heterocycles. The molecule has 1 rings (SSSR count). The molecular formula is C6H8BFN2O2. The molecule has 0 atom stereocenters. The predicted octanol–water partition coefficient (Wildman–Crippen LogP) is -1.21. The van der Waals surface area contributed by atoms with E-state index in [0.717, 1.165) is 6.07 Å². The maximum atomic E-state index is 12.7. The average Bonchev–Trinajstić information content (AvgIpc) is 2.05. The Hall–Kier alpha value is -1.11. The second-order valence-electron chi connectivity index (χ2n) is 2.26. The van der Waals surface area contributed by atoms with Gasteiger partial charge in [-0.2, -0.15) is 0 Å². The fraction of sp³-hybridized carbons (Fsp3) is 0. The Morgan fingerprint density at radius 1 is 1.42 bits per heavy atom. The van der Waals surface area contributed by atoms with Gasteiger partial charge in [-0.3, -0.25) is 5.84 Å². The van der Waals surface area contributed by atoms with Crippen molar-refractivity contribution < 1.29 is 14.4 Å². The van der Waals surface area contributed by atoms with Crippen LogP contribution in [0.25, 0.3) is 0 Å². The van der Waals surface area contributed by atoms with E-state index in [1.165, 1.54) is 12.1 Å². The third-order valence-corrected chi connectivity index (χ3v) is 1.44. The minimum absolute atomic E-state index is 0.0283. The zero-order valence-electron chi connectivity index (χ0n) is 6.16. The molecule has 4 nitrogen and oxygen atoms in total. The summed E-state index contributed by atoms with van der Waals surface area (Å²) in [5.74, 6) is 4.43. The molecule has 0 saturated heterocycles. The molecule has 0 fully saturated rings. The van der Waals surface area contributed by atoms with E-state index in [1.807, 2.05) is 0 Å². The van der Waals surface area contributed by atoms with Crippen LogP contribution in [-0.2, 0) is 0 Å². The van der Waals surface area contributed by atoms with Gasteiger partial charge in [-0.25, -0.2) is 4.39 Å². The topological polar surface area (TPSA) is 78.5 Å². The molecule has 12 heavy (non-hydrogen) atoms.